The second-order valence-corrected chi connectivity index (χ2v) is 9.97. The molecule has 13 heteroatoms. The number of hydrogen-bond acceptors (Lipinski definition) is 11. The summed E-state index contributed by atoms with van der Waals surface area (Å²) in [5.41, 5.74) is 8.37. The lowest BCUT2D eigenvalue weighted by Crippen LogP contribution is -2.67. The molecule has 7 atom stereocenters. The molecule has 12 nitrogen and oxygen atoms in total. The van der Waals surface area contributed by atoms with Crippen molar-refractivity contribution in [2.75, 3.05) is 6.61 Å². The van der Waals surface area contributed by atoms with E-state index in [2.05, 4.69) is 10.6 Å². The Morgan fingerprint density at radius 1 is 0.786 bits per heavy atom. The SMILES string of the molecule is CC(=O)OCC1OC(NC(=S)N[C@H](c2ccccc2)[C@H](N)c2ccccc2)C(OC(C)=O)C(OC(C)=O)C1OC(C)=O. The highest BCUT2D eigenvalue weighted by Crippen LogP contribution is 2.30. The third-order valence-corrected chi connectivity index (χ3v) is 6.49. The summed E-state index contributed by atoms with van der Waals surface area (Å²) in [4.78, 5) is 47.7. The highest BCUT2D eigenvalue weighted by molar-refractivity contribution is 7.80. The summed E-state index contributed by atoms with van der Waals surface area (Å²) in [6.07, 6.45) is -6.28. The lowest BCUT2D eigenvalue weighted by Gasteiger charge is -2.44. The average molecular weight is 602 g/mol. The Bertz CT molecular complexity index is 1250. The van der Waals surface area contributed by atoms with Gasteiger partial charge in [0, 0.05) is 27.7 Å². The summed E-state index contributed by atoms with van der Waals surface area (Å²) in [5, 5.41) is 6.25. The molecule has 1 saturated heterocycles. The van der Waals surface area contributed by atoms with Gasteiger partial charge in [0.05, 0.1) is 12.1 Å². The molecule has 0 aliphatic carbocycles. The zero-order valence-corrected chi connectivity index (χ0v) is 24.5. The first-order valence-electron chi connectivity index (χ1n) is 13.2. The molecule has 42 heavy (non-hydrogen) atoms. The third-order valence-electron chi connectivity index (χ3n) is 6.25. The molecule has 4 N–H and O–H groups in total. The second kappa shape index (κ2) is 15.2. The van der Waals surface area contributed by atoms with Crippen LogP contribution in [0.2, 0.25) is 0 Å². The van der Waals surface area contributed by atoms with E-state index >= 15 is 0 Å². The summed E-state index contributed by atoms with van der Waals surface area (Å²) >= 11 is 5.64. The van der Waals surface area contributed by atoms with Gasteiger partial charge in [0.15, 0.2) is 29.7 Å². The number of nitrogens with one attached hydrogen (secondary N) is 2. The first-order chi connectivity index (χ1) is 20.0. The number of benzene rings is 2. The first-order valence-corrected chi connectivity index (χ1v) is 13.6. The maximum absolute atomic E-state index is 12.1. The van der Waals surface area contributed by atoms with E-state index in [1.165, 1.54) is 6.92 Å². The molecule has 0 radical (unpaired) electrons. The number of esters is 4. The van der Waals surface area contributed by atoms with Crippen LogP contribution in [0.4, 0.5) is 0 Å². The van der Waals surface area contributed by atoms with E-state index in [-0.39, 0.29) is 11.7 Å². The maximum Gasteiger partial charge on any atom is 0.303 e. The molecule has 0 spiro atoms. The molecule has 0 aromatic heterocycles. The minimum atomic E-state index is -1.33. The van der Waals surface area contributed by atoms with Crippen LogP contribution in [0, 0.1) is 0 Å². The van der Waals surface area contributed by atoms with Gasteiger partial charge in [0.2, 0.25) is 0 Å². The number of hydrogen-bond donors (Lipinski definition) is 3. The van der Waals surface area contributed by atoms with Crippen LogP contribution in [-0.4, -0.2) is 66.2 Å². The van der Waals surface area contributed by atoms with Gasteiger partial charge in [-0.05, 0) is 23.3 Å². The number of rotatable bonds is 10. The van der Waals surface area contributed by atoms with Crippen LogP contribution in [0.15, 0.2) is 60.7 Å². The molecule has 0 bridgehead atoms. The molecule has 5 unspecified atom stereocenters. The fourth-order valence-electron chi connectivity index (χ4n) is 4.57. The van der Waals surface area contributed by atoms with Crippen LogP contribution in [0.25, 0.3) is 0 Å². The van der Waals surface area contributed by atoms with Gasteiger partial charge < -0.3 is 40.1 Å². The Kier molecular flexibility index (Phi) is 11.8. The summed E-state index contributed by atoms with van der Waals surface area (Å²) in [6, 6.07) is 17.8. The predicted octanol–water partition coefficient (Wildman–Crippen LogP) is 1.97. The van der Waals surface area contributed by atoms with Crippen LogP contribution < -0.4 is 16.4 Å². The number of carbonyl (C=O) groups is 4. The molecule has 1 heterocycles. The summed E-state index contributed by atoms with van der Waals surface area (Å²) in [5.74, 6) is -2.80. The molecule has 1 aliphatic rings. The van der Waals surface area contributed by atoms with Crippen LogP contribution in [-0.2, 0) is 42.9 Å². The van der Waals surface area contributed by atoms with Gasteiger partial charge in [-0.3, -0.25) is 19.2 Å². The van der Waals surface area contributed by atoms with Gasteiger partial charge in [-0.15, -0.1) is 0 Å². The fraction of sp³-hybridized carbons (Fsp3) is 0.414. The van der Waals surface area contributed by atoms with E-state index in [1.807, 2.05) is 60.7 Å². The van der Waals surface area contributed by atoms with Crippen molar-refractivity contribution in [1.82, 2.24) is 10.6 Å². The maximum atomic E-state index is 12.1. The number of thiocarbonyl (C=S) groups is 1. The van der Waals surface area contributed by atoms with E-state index in [0.29, 0.717) is 0 Å². The zero-order chi connectivity index (χ0) is 30.8. The standard InChI is InChI=1S/C29H35N3O9S/c1-16(33)37-15-22-25(38-17(2)34)26(39-18(3)35)27(40-19(4)36)28(41-22)32-29(42)31-24(21-13-9-6-10-14-21)23(30)20-11-7-5-8-12-20/h5-14,22-28H,15,30H2,1-4H3,(H2,31,32,42)/t22?,23-,24-,25?,26?,27?,28?/m1/s1. The number of nitrogens with two attached hydrogens (primary N) is 1. The average Bonchev–Trinajstić information content (AvgIpc) is 2.93. The second-order valence-electron chi connectivity index (χ2n) is 9.56. The van der Waals surface area contributed by atoms with Crippen LogP contribution in [0.3, 0.4) is 0 Å². The zero-order valence-electron chi connectivity index (χ0n) is 23.7. The Labute approximate surface area is 249 Å². The fourth-order valence-corrected chi connectivity index (χ4v) is 4.81. The normalized spacial score (nSPS) is 22.9. The predicted molar refractivity (Wildman–Crippen MR) is 153 cm³/mol. The van der Waals surface area contributed by atoms with Gasteiger partial charge in [0.1, 0.15) is 12.7 Å². The summed E-state index contributed by atoms with van der Waals surface area (Å²) < 4.78 is 27.6. The quantitative estimate of drug-likeness (QED) is 0.206. The van der Waals surface area contributed by atoms with Gasteiger partial charge in [-0.2, -0.15) is 0 Å². The van der Waals surface area contributed by atoms with E-state index in [4.69, 9.17) is 41.6 Å². The van der Waals surface area contributed by atoms with Crippen molar-refractivity contribution in [3.63, 3.8) is 0 Å². The van der Waals surface area contributed by atoms with Crippen molar-refractivity contribution < 1.29 is 42.9 Å². The first kappa shape index (κ1) is 32.4. The van der Waals surface area contributed by atoms with E-state index in [0.717, 1.165) is 31.9 Å². The van der Waals surface area contributed by atoms with Crippen LogP contribution >= 0.6 is 12.2 Å². The van der Waals surface area contributed by atoms with Crippen LogP contribution in [0.5, 0.6) is 0 Å². The Balaban J connectivity index is 1.93. The molecule has 0 amide bonds. The van der Waals surface area contributed by atoms with Gasteiger partial charge in [0.25, 0.3) is 0 Å². The largest absolute Gasteiger partial charge is 0.463 e. The van der Waals surface area contributed by atoms with E-state index in [1.54, 1.807) is 0 Å². The molecule has 0 saturated carbocycles. The van der Waals surface area contributed by atoms with E-state index < -0.39 is 66.6 Å². The molecular weight excluding hydrogens is 566 g/mol. The van der Waals surface area contributed by atoms with Crippen molar-refractivity contribution in [1.29, 1.82) is 0 Å². The van der Waals surface area contributed by atoms with Crippen molar-refractivity contribution in [2.45, 2.75) is 70.4 Å². The molecule has 226 valence electrons. The number of carbonyl (C=O) groups excluding carboxylic acids is 4. The Morgan fingerprint density at radius 3 is 1.81 bits per heavy atom. The third kappa shape index (κ3) is 9.23. The van der Waals surface area contributed by atoms with E-state index in [9.17, 15) is 19.2 Å². The van der Waals surface area contributed by atoms with Crippen molar-refractivity contribution in [3.8, 4) is 0 Å². The van der Waals surface area contributed by atoms with Crippen molar-refractivity contribution in [3.05, 3.63) is 71.8 Å². The molecule has 1 aliphatic heterocycles. The summed E-state index contributed by atoms with van der Waals surface area (Å²) in [6.45, 7) is 4.30. The van der Waals surface area contributed by atoms with Gasteiger partial charge in [-0.25, -0.2) is 0 Å². The van der Waals surface area contributed by atoms with Gasteiger partial charge in [-0.1, -0.05) is 60.7 Å². The Morgan fingerprint density at radius 2 is 1.29 bits per heavy atom. The number of ether oxygens (including phenoxy) is 5. The minimum Gasteiger partial charge on any atom is -0.463 e. The molecule has 2 aromatic rings. The lowest BCUT2D eigenvalue weighted by molar-refractivity contribution is -0.254. The van der Waals surface area contributed by atoms with Crippen molar-refractivity contribution in [2.24, 2.45) is 5.73 Å². The highest BCUT2D eigenvalue weighted by Gasteiger charge is 2.52. The Hall–Kier alpha value is -4.07. The van der Waals surface area contributed by atoms with Crippen LogP contribution in [0.1, 0.15) is 50.9 Å². The molecule has 1 fully saturated rings. The minimum absolute atomic E-state index is 0.0659. The molecular formula is C29H35N3O9S. The monoisotopic (exact) mass is 601 g/mol. The highest BCUT2D eigenvalue weighted by atomic mass is 32.1. The lowest BCUT2D eigenvalue weighted by atomic mass is 9.94. The molecule has 3 rings (SSSR count). The summed E-state index contributed by atoms with van der Waals surface area (Å²) in [7, 11) is 0. The topological polar surface area (TPSA) is 165 Å². The molecule has 2 aromatic carbocycles. The van der Waals surface area contributed by atoms with Gasteiger partial charge >= 0.3 is 23.9 Å². The smallest absolute Gasteiger partial charge is 0.303 e. The van der Waals surface area contributed by atoms with Crippen molar-refractivity contribution >= 4 is 41.2 Å².